The number of hydrogen-bond donors (Lipinski definition) is 3. The Morgan fingerprint density at radius 3 is 2.41 bits per heavy atom. The van der Waals surface area contributed by atoms with Crippen LogP contribution in [0.25, 0.3) is 0 Å². The third kappa shape index (κ3) is 5.06. The summed E-state index contributed by atoms with van der Waals surface area (Å²) in [5, 5.41) is 10.2. The number of carbonyl (C=O) groups is 2. The van der Waals surface area contributed by atoms with Crippen LogP contribution in [0, 0.1) is 11.7 Å². The maximum Gasteiger partial charge on any atom is 0.392 e. The summed E-state index contributed by atoms with van der Waals surface area (Å²) in [6.45, 7) is 0. The van der Waals surface area contributed by atoms with Gasteiger partial charge in [-0.2, -0.15) is 13.2 Å². The molecule has 0 radical (unpaired) electrons. The molecule has 0 aromatic heterocycles. The van der Waals surface area contributed by atoms with Gasteiger partial charge in [-0.05, 0) is 12.1 Å². The Labute approximate surface area is 127 Å². The lowest BCUT2D eigenvalue weighted by Gasteiger charge is -2.18. The van der Waals surface area contributed by atoms with Gasteiger partial charge in [-0.25, -0.2) is 4.39 Å². The fourth-order valence-electron chi connectivity index (χ4n) is 1.60. The Kier molecular flexibility index (Phi) is 5.59. The maximum absolute atomic E-state index is 13.5. The number of benzene rings is 1. The first-order valence-electron chi connectivity index (χ1n) is 5.83. The fraction of sp³-hybridized carbons (Fsp3) is 0.333. The molecule has 122 valence electrons. The highest BCUT2D eigenvalue weighted by Crippen LogP contribution is 2.32. The number of carboxylic acids is 1. The molecule has 0 spiro atoms. The molecule has 0 fully saturated rings. The number of anilines is 2. The largest absolute Gasteiger partial charge is 0.481 e. The van der Waals surface area contributed by atoms with Crippen LogP contribution in [0.15, 0.2) is 12.1 Å². The van der Waals surface area contributed by atoms with Crippen molar-refractivity contribution in [3.63, 3.8) is 0 Å². The quantitative estimate of drug-likeness (QED) is 0.566. The maximum atomic E-state index is 13.5. The van der Waals surface area contributed by atoms with E-state index in [2.05, 4.69) is 0 Å². The van der Waals surface area contributed by atoms with E-state index >= 15 is 0 Å². The van der Waals surface area contributed by atoms with Crippen molar-refractivity contribution in [2.45, 2.75) is 19.0 Å². The van der Waals surface area contributed by atoms with Crippen LogP contribution >= 0.6 is 11.6 Å². The highest BCUT2D eigenvalue weighted by molar-refractivity contribution is 6.33. The molecule has 0 saturated carbocycles. The predicted molar refractivity (Wildman–Crippen MR) is 70.9 cm³/mol. The van der Waals surface area contributed by atoms with E-state index in [0.717, 1.165) is 12.1 Å². The van der Waals surface area contributed by atoms with Gasteiger partial charge in [-0.3, -0.25) is 9.59 Å². The molecule has 10 heteroatoms. The second-order valence-electron chi connectivity index (χ2n) is 4.44. The van der Waals surface area contributed by atoms with Crippen molar-refractivity contribution in [1.29, 1.82) is 0 Å². The van der Waals surface area contributed by atoms with E-state index in [1.165, 1.54) is 0 Å². The summed E-state index contributed by atoms with van der Waals surface area (Å²) < 4.78 is 51.4. The minimum absolute atomic E-state index is 0.0729. The van der Waals surface area contributed by atoms with Crippen LogP contribution in [0.5, 0.6) is 0 Å². The Morgan fingerprint density at radius 2 is 1.91 bits per heavy atom. The molecule has 1 aromatic rings. The standard InChI is InChI=1S/C12H11ClF4N2O3/c13-6-3-7(14)9(4-8(6)18)19-10(20)1-5(2-11(21)22)12(15,16)17/h3-5H,1-2,18H2,(H,19,20)(H,21,22). The van der Waals surface area contributed by atoms with Crippen LogP contribution in [-0.4, -0.2) is 23.2 Å². The number of hydrogen-bond acceptors (Lipinski definition) is 3. The Balaban J connectivity index is 2.84. The van der Waals surface area contributed by atoms with Crippen molar-refractivity contribution >= 4 is 34.9 Å². The molecule has 1 unspecified atom stereocenters. The van der Waals surface area contributed by atoms with E-state index in [1.54, 1.807) is 0 Å². The first kappa shape index (κ1) is 18.0. The highest BCUT2D eigenvalue weighted by atomic mass is 35.5. The number of rotatable bonds is 5. The zero-order valence-corrected chi connectivity index (χ0v) is 11.6. The molecular weight excluding hydrogens is 332 g/mol. The van der Waals surface area contributed by atoms with Crippen LogP contribution in [-0.2, 0) is 9.59 Å². The molecule has 0 aliphatic heterocycles. The summed E-state index contributed by atoms with van der Waals surface area (Å²) in [5.41, 5.74) is 4.88. The number of nitrogen functional groups attached to an aromatic ring is 1. The lowest BCUT2D eigenvalue weighted by atomic mass is 10.0. The minimum atomic E-state index is -4.87. The molecule has 1 rings (SSSR count). The van der Waals surface area contributed by atoms with E-state index in [0.29, 0.717) is 0 Å². The minimum Gasteiger partial charge on any atom is -0.481 e. The predicted octanol–water partition coefficient (Wildman–Crippen LogP) is 3.04. The van der Waals surface area contributed by atoms with E-state index in [1.807, 2.05) is 5.32 Å². The first-order chi connectivity index (χ1) is 10.0. The lowest BCUT2D eigenvalue weighted by Crippen LogP contribution is -2.30. The van der Waals surface area contributed by atoms with Crippen LogP contribution in [0.3, 0.4) is 0 Å². The Bertz CT molecular complexity index is 592. The molecule has 4 N–H and O–H groups in total. The van der Waals surface area contributed by atoms with Gasteiger partial charge in [0.15, 0.2) is 0 Å². The van der Waals surface area contributed by atoms with Gasteiger partial charge in [-0.15, -0.1) is 0 Å². The Morgan fingerprint density at radius 1 is 1.32 bits per heavy atom. The zero-order chi connectivity index (χ0) is 17.1. The number of carbonyl (C=O) groups excluding carboxylic acids is 1. The molecule has 1 atom stereocenters. The van der Waals surface area contributed by atoms with Crippen molar-refractivity contribution in [2.24, 2.45) is 5.92 Å². The van der Waals surface area contributed by atoms with E-state index in [4.69, 9.17) is 22.4 Å². The lowest BCUT2D eigenvalue weighted by molar-refractivity contribution is -0.185. The third-order valence-corrected chi connectivity index (χ3v) is 3.00. The molecule has 0 heterocycles. The smallest absolute Gasteiger partial charge is 0.392 e. The van der Waals surface area contributed by atoms with Crippen LogP contribution in [0.4, 0.5) is 28.9 Å². The van der Waals surface area contributed by atoms with Crippen molar-refractivity contribution in [3.8, 4) is 0 Å². The zero-order valence-electron chi connectivity index (χ0n) is 10.9. The normalized spacial score (nSPS) is 12.8. The molecule has 0 bridgehead atoms. The summed E-state index contributed by atoms with van der Waals surface area (Å²) in [4.78, 5) is 22.0. The second kappa shape index (κ2) is 6.82. The van der Waals surface area contributed by atoms with Crippen LogP contribution < -0.4 is 11.1 Å². The number of halogens is 5. The van der Waals surface area contributed by atoms with Gasteiger partial charge in [0, 0.05) is 6.42 Å². The Hall–Kier alpha value is -2.03. The number of nitrogens with one attached hydrogen (secondary N) is 1. The van der Waals surface area contributed by atoms with E-state index < -0.39 is 48.3 Å². The third-order valence-electron chi connectivity index (χ3n) is 2.68. The summed E-state index contributed by atoms with van der Waals surface area (Å²) in [6, 6.07) is 1.75. The van der Waals surface area contributed by atoms with Crippen molar-refractivity contribution in [2.75, 3.05) is 11.1 Å². The van der Waals surface area contributed by atoms with Gasteiger partial charge >= 0.3 is 12.1 Å². The number of amides is 1. The highest BCUT2D eigenvalue weighted by Gasteiger charge is 2.42. The number of nitrogens with two attached hydrogens (primary N) is 1. The number of alkyl halides is 3. The molecule has 0 aliphatic rings. The topological polar surface area (TPSA) is 92.4 Å². The number of carboxylic acid groups (broad SMARTS) is 1. The van der Waals surface area contributed by atoms with Crippen LogP contribution in [0.2, 0.25) is 5.02 Å². The monoisotopic (exact) mass is 342 g/mol. The van der Waals surface area contributed by atoms with E-state index in [-0.39, 0.29) is 10.7 Å². The van der Waals surface area contributed by atoms with Gasteiger partial charge in [0.25, 0.3) is 0 Å². The van der Waals surface area contributed by atoms with Gasteiger partial charge in [0.2, 0.25) is 5.91 Å². The second-order valence-corrected chi connectivity index (χ2v) is 4.85. The van der Waals surface area contributed by atoms with E-state index in [9.17, 15) is 27.2 Å². The molecule has 22 heavy (non-hydrogen) atoms. The van der Waals surface area contributed by atoms with Gasteiger partial charge in [0.05, 0.1) is 28.7 Å². The first-order valence-corrected chi connectivity index (χ1v) is 6.21. The average Bonchev–Trinajstić information content (AvgIpc) is 2.33. The van der Waals surface area contributed by atoms with Crippen molar-refractivity contribution in [1.82, 2.24) is 0 Å². The van der Waals surface area contributed by atoms with Crippen molar-refractivity contribution in [3.05, 3.63) is 23.0 Å². The molecule has 0 saturated heterocycles. The van der Waals surface area contributed by atoms with Gasteiger partial charge < -0.3 is 16.2 Å². The number of aliphatic carboxylic acids is 1. The molecule has 0 aliphatic carbocycles. The van der Waals surface area contributed by atoms with Gasteiger partial charge in [0.1, 0.15) is 5.82 Å². The molecule has 1 aromatic carbocycles. The molecule has 1 amide bonds. The SMILES string of the molecule is Nc1cc(NC(=O)CC(CC(=O)O)C(F)(F)F)c(F)cc1Cl. The summed E-state index contributed by atoms with van der Waals surface area (Å²) >= 11 is 5.53. The molecule has 5 nitrogen and oxygen atoms in total. The van der Waals surface area contributed by atoms with Gasteiger partial charge in [-0.1, -0.05) is 11.6 Å². The summed E-state index contributed by atoms with van der Waals surface area (Å²) in [5.74, 6) is -6.24. The van der Waals surface area contributed by atoms with Crippen LogP contribution in [0.1, 0.15) is 12.8 Å². The summed E-state index contributed by atoms with van der Waals surface area (Å²) in [6.07, 6.45) is -7.28. The van der Waals surface area contributed by atoms with Crippen molar-refractivity contribution < 1.29 is 32.3 Å². The summed E-state index contributed by atoms with van der Waals surface area (Å²) in [7, 11) is 0. The molecular formula is C12H11ClF4N2O3. The fourth-order valence-corrected chi connectivity index (χ4v) is 1.75. The average molecular weight is 343 g/mol.